The van der Waals surface area contributed by atoms with E-state index in [1.807, 2.05) is 26.2 Å². The van der Waals surface area contributed by atoms with Gasteiger partial charge in [-0.2, -0.15) is 10.1 Å². The number of hydrogen-bond acceptors (Lipinski definition) is 5. The molecule has 0 saturated carbocycles. The highest BCUT2D eigenvalue weighted by Crippen LogP contribution is 2.19. The fourth-order valence-corrected chi connectivity index (χ4v) is 1.48. The van der Waals surface area contributed by atoms with Gasteiger partial charge in [-0.25, -0.2) is 0 Å². The standard InChI is InChI=1S/C10H15N5O/c1-3-7(6-11)10-12-9(14-16-10)8-4-5-15(2)13-8/h4-5,7H,3,6,11H2,1-2H3. The molecule has 0 fully saturated rings. The van der Waals surface area contributed by atoms with E-state index in [0.717, 1.165) is 6.42 Å². The van der Waals surface area contributed by atoms with Crippen LogP contribution < -0.4 is 5.73 Å². The SMILES string of the molecule is CCC(CN)c1nc(-c2ccn(C)n2)no1. The first-order valence-electron chi connectivity index (χ1n) is 5.28. The van der Waals surface area contributed by atoms with Crippen LogP contribution in [0.2, 0.25) is 0 Å². The van der Waals surface area contributed by atoms with Crippen LogP contribution in [0, 0.1) is 0 Å². The van der Waals surface area contributed by atoms with Gasteiger partial charge in [0.2, 0.25) is 11.7 Å². The van der Waals surface area contributed by atoms with Gasteiger partial charge < -0.3 is 10.3 Å². The lowest BCUT2D eigenvalue weighted by atomic mass is 10.1. The Balaban J connectivity index is 2.25. The Morgan fingerprint density at radius 1 is 1.56 bits per heavy atom. The zero-order chi connectivity index (χ0) is 11.5. The summed E-state index contributed by atoms with van der Waals surface area (Å²) in [6.45, 7) is 2.56. The normalized spacial score (nSPS) is 12.9. The van der Waals surface area contributed by atoms with Gasteiger partial charge in [0.15, 0.2) is 0 Å². The van der Waals surface area contributed by atoms with Gasteiger partial charge in [-0.3, -0.25) is 4.68 Å². The number of hydrogen-bond donors (Lipinski definition) is 1. The molecule has 2 aromatic rings. The van der Waals surface area contributed by atoms with Crippen molar-refractivity contribution >= 4 is 0 Å². The molecule has 2 aromatic heterocycles. The first kappa shape index (κ1) is 10.8. The summed E-state index contributed by atoms with van der Waals surface area (Å²) >= 11 is 0. The van der Waals surface area contributed by atoms with Crippen molar-refractivity contribution in [1.29, 1.82) is 0 Å². The summed E-state index contributed by atoms with van der Waals surface area (Å²) in [6.07, 6.45) is 2.73. The Bertz CT molecular complexity index is 457. The smallest absolute Gasteiger partial charge is 0.231 e. The lowest BCUT2D eigenvalue weighted by Crippen LogP contribution is -2.11. The molecule has 0 spiro atoms. The molecule has 1 unspecified atom stereocenters. The second-order valence-corrected chi connectivity index (χ2v) is 3.67. The molecule has 1 atom stereocenters. The van der Waals surface area contributed by atoms with Gasteiger partial charge in [0.1, 0.15) is 5.69 Å². The van der Waals surface area contributed by atoms with Crippen LogP contribution in [-0.4, -0.2) is 26.5 Å². The van der Waals surface area contributed by atoms with Gasteiger partial charge in [-0.05, 0) is 12.5 Å². The van der Waals surface area contributed by atoms with Crippen molar-refractivity contribution < 1.29 is 4.52 Å². The summed E-state index contributed by atoms with van der Waals surface area (Å²) in [7, 11) is 1.85. The van der Waals surface area contributed by atoms with E-state index >= 15 is 0 Å². The predicted octanol–water partition coefficient (Wildman–Crippen LogP) is 0.922. The number of aromatic nitrogens is 4. The van der Waals surface area contributed by atoms with Crippen LogP contribution in [-0.2, 0) is 7.05 Å². The summed E-state index contributed by atoms with van der Waals surface area (Å²) in [5.74, 6) is 1.23. The molecule has 2 N–H and O–H groups in total. The average molecular weight is 221 g/mol. The highest BCUT2D eigenvalue weighted by molar-refractivity contribution is 5.46. The molecule has 0 aliphatic carbocycles. The van der Waals surface area contributed by atoms with E-state index in [4.69, 9.17) is 10.3 Å². The van der Waals surface area contributed by atoms with Crippen molar-refractivity contribution in [2.45, 2.75) is 19.3 Å². The molecule has 16 heavy (non-hydrogen) atoms. The Morgan fingerprint density at radius 3 is 2.94 bits per heavy atom. The molecule has 86 valence electrons. The topological polar surface area (TPSA) is 82.8 Å². The van der Waals surface area contributed by atoms with Crippen LogP contribution in [0.1, 0.15) is 25.2 Å². The van der Waals surface area contributed by atoms with Gasteiger partial charge >= 0.3 is 0 Å². The zero-order valence-electron chi connectivity index (χ0n) is 9.42. The van der Waals surface area contributed by atoms with E-state index in [0.29, 0.717) is 24.0 Å². The molecule has 6 heteroatoms. The van der Waals surface area contributed by atoms with Crippen molar-refractivity contribution in [1.82, 2.24) is 19.9 Å². The van der Waals surface area contributed by atoms with Gasteiger partial charge in [-0.15, -0.1) is 0 Å². The highest BCUT2D eigenvalue weighted by Gasteiger charge is 2.17. The van der Waals surface area contributed by atoms with Gasteiger partial charge in [0, 0.05) is 19.8 Å². The molecule has 0 bridgehead atoms. The molecule has 6 nitrogen and oxygen atoms in total. The van der Waals surface area contributed by atoms with Crippen LogP contribution >= 0.6 is 0 Å². The molecule has 0 saturated heterocycles. The molecule has 0 aromatic carbocycles. The lowest BCUT2D eigenvalue weighted by Gasteiger charge is -2.03. The minimum absolute atomic E-state index is 0.130. The third-order valence-electron chi connectivity index (χ3n) is 2.51. The van der Waals surface area contributed by atoms with Crippen molar-refractivity contribution in [2.24, 2.45) is 12.8 Å². The Kier molecular flexibility index (Phi) is 3.00. The van der Waals surface area contributed by atoms with Crippen molar-refractivity contribution in [2.75, 3.05) is 6.54 Å². The first-order valence-corrected chi connectivity index (χ1v) is 5.28. The minimum Gasteiger partial charge on any atom is -0.339 e. The summed E-state index contributed by atoms with van der Waals surface area (Å²) in [6, 6.07) is 1.85. The summed E-state index contributed by atoms with van der Waals surface area (Å²) < 4.78 is 6.88. The predicted molar refractivity (Wildman–Crippen MR) is 58.6 cm³/mol. The van der Waals surface area contributed by atoms with Gasteiger partial charge in [0.25, 0.3) is 0 Å². The van der Waals surface area contributed by atoms with Crippen LogP contribution in [0.25, 0.3) is 11.5 Å². The van der Waals surface area contributed by atoms with Crippen molar-refractivity contribution in [3.63, 3.8) is 0 Å². The lowest BCUT2D eigenvalue weighted by molar-refractivity contribution is 0.351. The van der Waals surface area contributed by atoms with Gasteiger partial charge in [0.05, 0.1) is 5.92 Å². The molecule has 0 aliphatic heterocycles. The second-order valence-electron chi connectivity index (χ2n) is 3.67. The largest absolute Gasteiger partial charge is 0.339 e. The summed E-state index contributed by atoms with van der Waals surface area (Å²) in [4.78, 5) is 4.30. The molecule has 0 amide bonds. The fourth-order valence-electron chi connectivity index (χ4n) is 1.48. The number of nitrogens with zero attached hydrogens (tertiary/aromatic N) is 4. The van der Waals surface area contributed by atoms with Crippen LogP contribution in [0.4, 0.5) is 0 Å². The van der Waals surface area contributed by atoms with E-state index in [1.54, 1.807) is 4.68 Å². The average Bonchev–Trinajstić information content (AvgIpc) is 2.89. The van der Waals surface area contributed by atoms with Crippen LogP contribution in [0.15, 0.2) is 16.8 Å². The maximum atomic E-state index is 5.62. The van der Waals surface area contributed by atoms with Crippen LogP contribution in [0.3, 0.4) is 0 Å². The fraction of sp³-hybridized carbons (Fsp3) is 0.500. The van der Waals surface area contributed by atoms with Crippen molar-refractivity contribution in [3.05, 3.63) is 18.2 Å². The molecule has 2 heterocycles. The van der Waals surface area contributed by atoms with E-state index < -0.39 is 0 Å². The van der Waals surface area contributed by atoms with E-state index in [1.165, 1.54) is 0 Å². The molecular weight excluding hydrogens is 206 g/mol. The zero-order valence-corrected chi connectivity index (χ0v) is 9.42. The highest BCUT2D eigenvalue weighted by atomic mass is 16.5. The van der Waals surface area contributed by atoms with E-state index in [9.17, 15) is 0 Å². The Labute approximate surface area is 93.4 Å². The monoisotopic (exact) mass is 221 g/mol. The Morgan fingerprint density at radius 2 is 2.38 bits per heavy atom. The molecule has 0 aliphatic rings. The van der Waals surface area contributed by atoms with Crippen LogP contribution in [0.5, 0.6) is 0 Å². The maximum Gasteiger partial charge on any atom is 0.231 e. The summed E-state index contributed by atoms with van der Waals surface area (Å²) in [5, 5.41) is 8.10. The quantitative estimate of drug-likeness (QED) is 0.830. The molecule has 2 rings (SSSR count). The minimum atomic E-state index is 0.130. The van der Waals surface area contributed by atoms with E-state index in [2.05, 4.69) is 15.2 Å². The number of aryl methyl sites for hydroxylation is 1. The number of nitrogens with two attached hydrogens (primary N) is 1. The van der Waals surface area contributed by atoms with Crippen molar-refractivity contribution in [3.8, 4) is 11.5 Å². The Hall–Kier alpha value is -1.69. The third-order valence-corrected chi connectivity index (χ3v) is 2.51. The molecule has 0 radical (unpaired) electrons. The van der Waals surface area contributed by atoms with Gasteiger partial charge in [-0.1, -0.05) is 12.1 Å². The third kappa shape index (κ3) is 1.96. The summed E-state index contributed by atoms with van der Waals surface area (Å²) in [5.41, 5.74) is 6.33. The second kappa shape index (κ2) is 4.44. The first-order chi connectivity index (χ1) is 7.74. The van der Waals surface area contributed by atoms with E-state index in [-0.39, 0.29) is 5.92 Å². The molecular formula is C10H15N5O. The maximum absolute atomic E-state index is 5.62. The number of rotatable bonds is 4.